The zero-order valence-electron chi connectivity index (χ0n) is 16.4. The summed E-state index contributed by atoms with van der Waals surface area (Å²) in [6.45, 7) is 4.43. The summed E-state index contributed by atoms with van der Waals surface area (Å²) < 4.78 is 0. The summed E-state index contributed by atoms with van der Waals surface area (Å²) in [6, 6.07) is 0. The molecule has 3 N–H and O–H groups in total. The first kappa shape index (κ1) is 21.2. The number of carboxylic acids is 1. The number of hydrogen-bond donors (Lipinski definition) is 3. The van der Waals surface area contributed by atoms with Crippen LogP contribution in [0.15, 0.2) is 23.8 Å². The molecule has 0 amide bonds. The summed E-state index contributed by atoms with van der Waals surface area (Å²) in [5, 5.41) is 29.4. The van der Waals surface area contributed by atoms with Crippen LogP contribution in [0.25, 0.3) is 0 Å². The molecule has 0 radical (unpaired) electrons. The fourth-order valence-corrected chi connectivity index (χ4v) is 4.89. The molecule has 0 spiro atoms. The van der Waals surface area contributed by atoms with Crippen molar-refractivity contribution in [1.82, 2.24) is 0 Å². The third-order valence-corrected chi connectivity index (χ3v) is 6.28. The molecule has 4 nitrogen and oxygen atoms in total. The van der Waals surface area contributed by atoms with Crippen molar-refractivity contribution in [2.24, 2.45) is 17.3 Å². The first-order valence-electron chi connectivity index (χ1n) is 10.3. The monoisotopic (exact) mass is 364 g/mol. The number of aliphatic hydroxyl groups excluding tert-OH is 2. The van der Waals surface area contributed by atoms with Gasteiger partial charge in [0.05, 0.1) is 12.2 Å². The second-order valence-electron chi connectivity index (χ2n) is 8.59. The second-order valence-corrected chi connectivity index (χ2v) is 8.59. The number of aliphatic carboxylic acids is 1. The molecular formula is C22H36O4. The van der Waals surface area contributed by atoms with Gasteiger partial charge in [0.25, 0.3) is 0 Å². The van der Waals surface area contributed by atoms with Crippen LogP contribution < -0.4 is 0 Å². The molecule has 0 aliphatic heterocycles. The normalized spacial score (nSPS) is 33.8. The van der Waals surface area contributed by atoms with Gasteiger partial charge in [-0.25, -0.2) is 0 Å². The van der Waals surface area contributed by atoms with E-state index in [1.807, 2.05) is 6.08 Å². The van der Waals surface area contributed by atoms with Crippen molar-refractivity contribution in [3.63, 3.8) is 0 Å². The Balaban J connectivity index is 1.91. The standard InChI is InChI=1S/C22H36O4/c1-3-4-5-9-17(23)11-12-18-19-13-16(8-6-7-10-21(25)26)14-22(19,2)15-20(18)24/h8,11-12,17-20,23-24H,3-7,9-10,13-15H2,1-2H3,(H,25,26)/b12-11+,16-8-/t17-,18-,19+,20-,22+/m1/s1. The van der Waals surface area contributed by atoms with E-state index in [4.69, 9.17) is 5.11 Å². The third-order valence-electron chi connectivity index (χ3n) is 6.28. The fraction of sp³-hybridized carbons (Fsp3) is 0.773. The highest BCUT2D eigenvalue weighted by Gasteiger charge is 2.52. The summed E-state index contributed by atoms with van der Waals surface area (Å²) >= 11 is 0. The molecule has 5 atom stereocenters. The van der Waals surface area contributed by atoms with Crippen molar-refractivity contribution in [3.8, 4) is 0 Å². The Morgan fingerprint density at radius 2 is 2.12 bits per heavy atom. The summed E-state index contributed by atoms with van der Waals surface area (Å²) in [4.78, 5) is 10.6. The van der Waals surface area contributed by atoms with Crippen LogP contribution in [-0.2, 0) is 4.79 Å². The molecule has 4 heteroatoms. The van der Waals surface area contributed by atoms with Gasteiger partial charge in [0.2, 0.25) is 0 Å². The van der Waals surface area contributed by atoms with Crippen LogP contribution in [-0.4, -0.2) is 33.5 Å². The summed E-state index contributed by atoms with van der Waals surface area (Å²) in [5.41, 5.74) is 1.54. The van der Waals surface area contributed by atoms with E-state index in [0.717, 1.165) is 51.4 Å². The minimum atomic E-state index is -0.732. The lowest BCUT2D eigenvalue weighted by atomic mass is 9.80. The third kappa shape index (κ3) is 5.68. The van der Waals surface area contributed by atoms with Crippen molar-refractivity contribution in [2.45, 2.75) is 90.3 Å². The number of carbonyl (C=O) groups is 1. The molecule has 26 heavy (non-hydrogen) atoms. The van der Waals surface area contributed by atoms with Gasteiger partial charge in [-0.05, 0) is 49.9 Å². The minimum absolute atomic E-state index is 0.116. The van der Waals surface area contributed by atoms with E-state index >= 15 is 0 Å². The van der Waals surface area contributed by atoms with Gasteiger partial charge in [0, 0.05) is 12.3 Å². The molecule has 2 fully saturated rings. The Morgan fingerprint density at radius 1 is 1.35 bits per heavy atom. The lowest BCUT2D eigenvalue weighted by molar-refractivity contribution is -0.137. The average molecular weight is 365 g/mol. The van der Waals surface area contributed by atoms with Gasteiger partial charge in [-0.2, -0.15) is 0 Å². The largest absolute Gasteiger partial charge is 0.481 e. The minimum Gasteiger partial charge on any atom is -0.481 e. The maximum atomic E-state index is 10.6. The highest BCUT2D eigenvalue weighted by molar-refractivity contribution is 5.66. The van der Waals surface area contributed by atoms with Gasteiger partial charge in [-0.1, -0.05) is 56.9 Å². The molecule has 0 bridgehead atoms. The van der Waals surface area contributed by atoms with Crippen LogP contribution >= 0.6 is 0 Å². The van der Waals surface area contributed by atoms with Crippen molar-refractivity contribution >= 4 is 5.97 Å². The summed E-state index contributed by atoms with van der Waals surface area (Å²) in [5.74, 6) is -0.197. The number of hydrogen-bond acceptors (Lipinski definition) is 3. The molecule has 2 rings (SSSR count). The summed E-state index contributed by atoms with van der Waals surface area (Å²) in [7, 11) is 0. The molecular weight excluding hydrogens is 328 g/mol. The van der Waals surface area contributed by atoms with Gasteiger partial charge < -0.3 is 15.3 Å². The zero-order valence-corrected chi connectivity index (χ0v) is 16.4. The Hall–Kier alpha value is -1.13. The number of allylic oxidation sites excluding steroid dienone is 2. The van der Waals surface area contributed by atoms with Crippen LogP contribution in [0, 0.1) is 17.3 Å². The lowest BCUT2D eigenvalue weighted by Crippen LogP contribution is -2.19. The number of carboxylic acid groups (broad SMARTS) is 1. The highest BCUT2D eigenvalue weighted by Crippen LogP contribution is 2.58. The maximum Gasteiger partial charge on any atom is 0.303 e. The Bertz CT molecular complexity index is 524. The predicted octanol–water partition coefficient (Wildman–Crippen LogP) is 4.46. The maximum absolute atomic E-state index is 10.6. The van der Waals surface area contributed by atoms with Gasteiger partial charge in [-0.3, -0.25) is 4.79 Å². The van der Waals surface area contributed by atoms with Crippen LogP contribution in [0.5, 0.6) is 0 Å². The number of aliphatic hydroxyl groups is 2. The topological polar surface area (TPSA) is 77.8 Å². The van der Waals surface area contributed by atoms with E-state index in [-0.39, 0.29) is 23.9 Å². The van der Waals surface area contributed by atoms with Crippen molar-refractivity contribution in [3.05, 3.63) is 23.8 Å². The van der Waals surface area contributed by atoms with Gasteiger partial charge in [0.1, 0.15) is 0 Å². The number of unbranched alkanes of at least 4 members (excludes halogenated alkanes) is 3. The molecule has 2 aliphatic rings. The molecule has 0 heterocycles. The Kier molecular flexibility index (Phi) is 7.90. The van der Waals surface area contributed by atoms with Crippen LogP contribution in [0.4, 0.5) is 0 Å². The molecule has 0 aromatic rings. The zero-order chi connectivity index (χ0) is 19.2. The first-order chi connectivity index (χ1) is 12.4. The second kappa shape index (κ2) is 9.70. The number of rotatable bonds is 10. The number of fused-ring (bicyclic) bond motifs is 1. The Labute approximate surface area is 158 Å². The van der Waals surface area contributed by atoms with Crippen LogP contribution in [0.1, 0.15) is 78.1 Å². The molecule has 0 unspecified atom stereocenters. The van der Waals surface area contributed by atoms with E-state index in [1.165, 1.54) is 5.57 Å². The van der Waals surface area contributed by atoms with Crippen LogP contribution in [0.3, 0.4) is 0 Å². The fourth-order valence-electron chi connectivity index (χ4n) is 4.89. The Morgan fingerprint density at radius 3 is 2.81 bits per heavy atom. The molecule has 148 valence electrons. The van der Waals surface area contributed by atoms with E-state index < -0.39 is 12.1 Å². The average Bonchev–Trinajstić information content (AvgIpc) is 2.99. The molecule has 2 aliphatic carbocycles. The predicted molar refractivity (Wildman–Crippen MR) is 104 cm³/mol. The van der Waals surface area contributed by atoms with E-state index in [0.29, 0.717) is 12.3 Å². The molecule has 2 saturated carbocycles. The van der Waals surface area contributed by atoms with Crippen LogP contribution in [0.2, 0.25) is 0 Å². The molecule has 0 aromatic carbocycles. The van der Waals surface area contributed by atoms with Gasteiger partial charge in [-0.15, -0.1) is 0 Å². The summed E-state index contributed by atoms with van der Waals surface area (Å²) in [6.07, 6.45) is 14.1. The van der Waals surface area contributed by atoms with E-state index in [9.17, 15) is 15.0 Å². The van der Waals surface area contributed by atoms with Gasteiger partial charge >= 0.3 is 5.97 Å². The highest BCUT2D eigenvalue weighted by atomic mass is 16.4. The quantitative estimate of drug-likeness (QED) is 0.395. The van der Waals surface area contributed by atoms with E-state index in [1.54, 1.807) is 0 Å². The van der Waals surface area contributed by atoms with Crippen molar-refractivity contribution in [1.29, 1.82) is 0 Å². The van der Waals surface area contributed by atoms with Crippen molar-refractivity contribution in [2.75, 3.05) is 0 Å². The van der Waals surface area contributed by atoms with Gasteiger partial charge in [0.15, 0.2) is 0 Å². The van der Waals surface area contributed by atoms with E-state index in [2.05, 4.69) is 26.0 Å². The molecule has 0 saturated heterocycles. The SMILES string of the molecule is CCCCC[C@@H](O)/C=C/[C@H]1[C@H](O)C[C@]2(C)C/C(=C\CCCC(=O)O)C[C@@H]12. The lowest BCUT2D eigenvalue weighted by Gasteiger charge is -2.24. The smallest absolute Gasteiger partial charge is 0.303 e. The first-order valence-corrected chi connectivity index (χ1v) is 10.3. The van der Waals surface area contributed by atoms with Crippen molar-refractivity contribution < 1.29 is 20.1 Å². The molecule has 0 aromatic heterocycles.